The van der Waals surface area contributed by atoms with Crippen molar-refractivity contribution in [1.29, 1.82) is 0 Å². The predicted molar refractivity (Wildman–Crippen MR) is 75.8 cm³/mol. The number of ether oxygens (including phenoxy) is 1. The van der Waals surface area contributed by atoms with Gasteiger partial charge in [0.25, 0.3) is 10.0 Å². The highest BCUT2D eigenvalue weighted by atomic mass is 32.2. The van der Waals surface area contributed by atoms with Crippen LogP contribution >= 0.6 is 11.3 Å². The van der Waals surface area contributed by atoms with Gasteiger partial charge < -0.3 is 4.74 Å². The van der Waals surface area contributed by atoms with E-state index < -0.39 is 16.0 Å². The minimum atomic E-state index is -3.40. The lowest BCUT2D eigenvalue weighted by molar-refractivity contribution is -0.141. The molecule has 0 radical (unpaired) electrons. The molecule has 0 spiro atoms. The molecule has 0 amide bonds. The molecule has 108 valence electrons. The molecule has 1 aromatic rings. The van der Waals surface area contributed by atoms with Gasteiger partial charge in [0.2, 0.25) is 0 Å². The fourth-order valence-corrected chi connectivity index (χ4v) is 4.98. The fourth-order valence-electron chi connectivity index (χ4n) is 1.96. The standard InChI is InChI=1S/C13H15NO4S2/c1-2-9-18-12(15)10-11-5-6-13(19-11)20(16,17)14-7-3-4-8-14/h1,5-6H,3-4,7-10H2. The first-order valence-electron chi connectivity index (χ1n) is 6.22. The summed E-state index contributed by atoms with van der Waals surface area (Å²) in [6, 6.07) is 3.19. The molecule has 2 rings (SSSR count). The molecule has 1 aromatic heterocycles. The maximum atomic E-state index is 12.3. The Morgan fingerprint density at radius 2 is 2.10 bits per heavy atom. The Hall–Kier alpha value is -1.36. The monoisotopic (exact) mass is 313 g/mol. The third-order valence-electron chi connectivity index (χ3n) is 2.93. The zero-order chi connectivity index (χ0) is 14.6. The van der Waals surface area contributed by atoms with Crippen molar-refractivity contribution in [3.05, 3.63) is 17.0 Å². The molecule has 0 aliphatic carbocycles. The van der Waals surface area contributed by atoms with Gasteiger partial charge in [-0.3, -0.25) is 4.79 Å². The molecule has 5 nitrogen and oxygen atoms in total. The molecule has 1 aliphatic rings. The minimum absolute atomic E-state index is 0.0435. The van der Waals surface area contributed by atoms with Crippen LogP contribution in [0, 0.1) is 12.3 Å². The largest absolute Gasteiger partial charge is 0.452 e. The Bertz CT molecular complexity index is 621. The molecule has 7 heteroatoms. The van der Waals surface area contributed by atoms with E-state index in [2.05, 4.69) is 5.92 Å². The van der Waals surface area contributed by atoms with E-state index in [1.807, 2.05) is 0 Å². The third-order valence-corrected chi connectivity index (χ3v) is 6.38. The van der Waals surface area contributed by atoms with E-state index >= 15 is 0 Å². The predicted octanol–water partition coefficient (Wildman–Crippen LogP) is 1.25. The first kappa shape index (κ1) is 15.0. The Labute approximate surface area is 122 Å². The van der Waals surface area contributed by atoms with Gasteiger partial charge in [0.1, 0.15) is 4.21 Å². The van der Waals surface area contributed by atoms with Crippen LogP contribution in [0.4, 0.5) is 0 Å². The highest BCUT2D eigenvalue weighted by molar-refractivity contribution is 7.91. The summed E-state index contributed by atoms with van der Waals surface area (Å²) in [7, 11) is -3.40. The van der Waals surface area contributed by atoms with E-state index in [1.165, 1.54) is 4.31 Å². The fraction of sp³-hybridized carbons (Fsp3) is 0.462. The average molecular weight is 313 g/mol. The number of carbonyl (C=O) groups is 1. The second-order valence-electron chi connectivity index (χ2n) is 4.37. The Morgan fingerprint density at radius 3 is 2.75 bits per heavy atom. The number of sulfonamides is 1. The van der Waals surface area contributed by atoms with Crippen molar-refractivity contribution in [2.24, 2.45) is 0 Å². The van der Waals surface area contributed by atoms with Crippen LogP contribution in [0.5, 0.6) is 0 Å². The Morgan fingerprint density at radius 1 is 1.40 bits per heavy atom. The summed E-state index contributed by atoms with van der Waals surface area (Å²) in [6.07, 6.45) is 6.83. The number of esters is 1. The number of rotatable bonds is 5. The molecular weight excluding hydrogens is 298 g/mol. The summed E-state index contributed by atoms with van der Waals surface area (Å²) < 4.78 is 31.1. The number of hydrogen-bond donors (Lipinski definition) is 0. The van der Waals surface area contributed by atoms with Gasteiger partial charge in [-0.05, 0) is 25.0 Å². The normalized spacial score (nSPS) is 15.9. The first-order valence-corrected chi connectivity index (χ1v) is 8.47. The van der Waals surface area contributed by atoms with Gasteiger partial charge in [-0.2, -0.15) is 4.31 Å². The molecule has 0 saturated carbocycles. The van der Waals surface area contributed by atoms with Gasteiger partial charge in [0.15, 0.2) is 6.61 Å². The van der Waals surface area contributed by atoms with E-state index in [1.54, 1.807) is 12.1 Å². The van der Waals surface area contributed by atoms with Gasteiger partial charge in [0.05, 0.1) is 6.42 Å². The van der Waals surface area contributed by atoms with Gasteiger partial charge >= 0.3 is 5.97 Å². The van der Waals surface area contributed by atoms with Crippen molar-refractivity contribution in [2.75, 3.05) is 19.7 Å². The molecule has 0 atom stereocenters. The van der Waals surface area contributed by atoms with Crippen molar-refractivity contribution >= 4 is 27.3 Å². The molecule has 1 fully saturated rings. The van der Waals surface area contributed by atoms with Crippen LogP contribution in [0.15, 0.2) is 16.3 Å². The van der Waals surface area contributed by atoms with Crippen LogP contribution in [-0.4, -0.2) is 38.4 Å². The van der Waals surface area contributed by atoms with E-state index in [0.29, 0.717) is 18.0 Å². The maximum absolute atomic E-state index is 12.3. The van der Waals surface area contributed by atoms with E-state index in [4.69, 9.17) is 11.2 Å². The summed E-state index contributed by atoms with van der Waals surface area (Å²) in [5, 5.41) is 0. The quantitative estimate of drug-likeness (QED) is 0.606. The highest BCUT2D eigenvalue weighted by Crippen LogP contribution is 2.27. The lowest BCUT2D eigenvalue weighted by atomic mass is 10.3. The Balaban J connectivity index is 2.05. The average Bonchev–Trinajstić information content (AvgIpc) is 3.07. The van der Waals surface area contributed by atoms with E-state index in [-0.39, 0.29) is 17.2 Å². The molecule has 0 unspecified atom stereocenters. The zero-order valence-corrected chi connectivity index (χ0v) is 12.5. The number of nitrogens with zero attached hydrogens (tertiary/aromatic N) is 1. The van der Waals surface area contributed by atoms with Crippen LogP contribution in [-0.2, 0) is 26.0 Å². The van der Waals surface area contributed by atoms with Crippen LogP contribution < -0.4 is 0 Å². The smallest absolute Gasteiger partial charge is 0.312 e. The van der Waals surface area contributed by atoms with Crippen molar-refractivity contribution in [2.45, 2.75) is 23.5 Å². The lowest BCUT2D eigenvalue weighted by Gasteiger charge is -2.13. The van der Waals surface area contributed by atoms with Crippen molar-refractivity contribution in [3.8, 4) is 12.3 Å². The SMILES string of the molecule is C#CCOC(=O)Cc1ccc(S(=O)(=O)N2CCCC2)s1. The van der Waals surface area contributed by atoms with Gasteiger partial charge in [0, 0.05) is 18.0 Å². The summed E-state index contributed by atoms with van der Waals surface area (Å²) >= 11 is 1.11. The summed E-state index contributed by atoms with van der Waals surface area (Å²) in [4.78, 5) is 12.1. The molecule has 2 heterocycles. The van der Waals surface area contributed by atoms with Crippen molar-refractivity contribution in [1.82, 2.24) is 4.31 Å². The highest BCUT2D eigenvalue weighted by Gasteiger charge is 2.28. The van der Waals surface area contributed by atoms with E-state index in [0.717, 1.165) is 24.2 Å². The number of terminal acetylenes is 1. The van der Waals surface area contributed by atoms with Crippen LogP contribution in [0.3, 0.4) is 0 Å². The van der Waals surface area contributed by atoms with E-state index in [9.17, 15) is 13.2 Å². The van der Waals surface area contributed by atoms with Gasteiger partial charge in [-0.15, -0.1) is 17.8 Å². The second-order valence-corrected chi connectivity index (χ2v) is 7.71. The third kappa shape index (κ3) is 3.39. The number of carbonyl (C=O) groups excluding carboxylic acids is 1. The lowest BCUT2D eigenvalue weighted by Crippen LogP contribution is -2.27. The summed E-state index contributed by atoms with van der Waals surface area (Å²) in [5.41, 5.74) is 0. The first-order chi connectivity index (χ1) is 9.54. The van der Waals surface area contributed by atoms with Gasteiger partial charge in [-0.1, -0.05) is 5.92 Å². The maximum Gasteiger partial charge on any atom is 0.312 e. The van der Waals surface area contributed by atoms with Crippen molar-refractivity contribution < 1.29 is 17.9 Å². The molecule has 0 bridgehead atoms. The minimum Gasteiger partial charge on any atom is -0.452 e. The number of hydrogen-bond acceptors (Lipinski definition) is 5. The van der Waals surface area contributed by atoms with Gasteiger partial charge in [-0.25, -0.2) is 8.42 Å². The number of thiophene rings is 1. The molecule has 20 heavy (non-hydrogen) atoms. The van der Waals surface area contributed by atoms with Crippen LogP contribution in [0.25, 0.3) is 0 Å². The molecule has 0 aromatic carbocycles. The van der Waals surface area contributed by atoms with Crippen LogP contribution in [0.2, 0.25) is 0 Å². The van der Waals surface area contributed by atoms with Crippen LogP contribution in [0.1, 0.15) is 17.7 Å². The molecule has 1 aliphatic heterocycles. The van der Waals surface area contributed by atoms with Crippen molar-refractivity contribution in [3.63, 3.8) is 0 Å². The molecule has 1 saturated heterocycles. The molecule has 0 N–H and O–H groups in total. The topological polar surface area (TPSA) is 63.7 Å². The second kappa shape index (κ2) is 6.39. The zero-order valence-electron chi connectivity index (χ0n) is 10.9. The Kier molecular flexibility index (Phi) is 4.81. The summed E-state index contributed by atoms with van der Waals surface area (Å²) in [6.45, 7) is 1.07. The molecular formula is C13H15NO4S2. The summed E-state index contributed by atoms with van der Waals surface area (Å²) in [5.74, 6) is 1.76.